The van der Waals surface area contributed by atoms with Crippen LogP contribution in [-0.4, -0.2) is 38.0 Å². The molecule has 1 aromatic carbocycles. The van der Waals surface area contributed by atoms with Crippen LogP contribution in [0.4, 0.5) is 18.9 Å². The number of alkyl halides is 3. The van der Waals surface area contributed by atoms with Crippen LogP contribution in [0.25, 0.3) is 0 Å². The molecule has 2 N–H and O–H groups in total. The Morgan fingerprint density at radius 3 is 2.70 bits per heavy atom. The highest BCUT2D eigenvalue weighted by molar-refractivity contribution is 7.80. The first kappa shape index (κ1) is 16.7. The third kappa shape index (κ3) is 6.21. The number of ether oxygens (including phenoxy) is 1. The highest BCUT2D eigenvalue weighted by Crippen LogP contribution is 2.16. The van der Waals surface area contributed by atoms with Gasteiger partial charge in [0.1, 0.15) is 11.6 Å². The maximum absolute atomic E-state index is 11.9. The van der Waals surface area contributed by atoms with Crippen molar-refractivity contribution in [3.63, 3.8) is 0 Å². The molecule has 0 aliphatic carbocycles. The fraction of sp³-hybridized carbons (Fsp3) is 0.462. The molecular weight excluding hydrogens is 289 g/mol. The number of hydrogen-bond donors (Lipinski definition) is 1. The molecule has 0 atom stereocenters. The van der Waals surface area contributed by atoms with Crippen LogP contribution >= 0.6 is 12.2 Å². The van der Waals surface area contributed by atoms with E-state index in [9.17, 15) is 13.2 Å². The molecule has 1 aromatic rings. The van der Waals surface area contributed by atoms with E-state index in [1.165, 1.54) is 0 Å². The molecule has 0 fully saturated rings. The zero-order valence-corrected chi connectivity index (χ0v) is 11.9. The number of benzene rings is 1. The van der Waals surface area contributed by atoms with E-state index in [0.29, 0.717) is 18.0 Å². The van der Waals surface area contributed by atoms with Crippen molar-refractivity contribution < 1.29 is 17.9 Å². The topological polar surface area (TPSA) is 38.5 Å². The molecular formula is C13H17F3N2OS. The van der Waals surface area contributed by atoms with Gasteiger partial charge >= 0.3 is 6.18 Å². The molecule has 20 heavy (non-hydrogen) atoms. The van der Waals surface area contributed by atoms with E-state index >= 15 is 0 Å². The molecule has 0 aromatic heterocycles. The van der Waals surface area contributed by atoms with Crippen molar-refractivity contribution >= 4 is 22.9 Å². The lowest BCUT2D eigenvalue weighted by molar-refractivity contribution is -0.173. The summed E-state index contributed by atoms with van der Waals surface area (Å²) in [5, 5.41) is 0. The first-order valence-electron chi connectivity index (χ1n) is 6.05. The average molecular weight is 306 g/mol. The molecule has 7 heteroatoms. The number of anilines is 1. The van der Waals surface area contributed by atoms with Gasteiger partial charge in [0.05, 0.1) is 0 Å². The monoisotopic (exact) mass is 306 g/mol. The molecule has 1 rings (SSSR count). The zero-order chi connectivity index (χ0) is 15.2. The quantitative estimate of drug-likeness (QED) is 0.621. The molecule has 3 nitrogen and oxygen atoms in total. The second-order valence-electron chi connectivity index (χ2n) is 4.36. The first-order chi connectivity index (χ1) is 9.29. The summed E-state index contributed by atoms with van der Waals surface area (Å²) in [5.41, 5.74) is 7.22. The second-order valence-corrected chi connectivity index (χ2v) is 4.80. The van der Waals surface area contributed by atoms with E-state index in [-0.39, 0.29) is 6.61 Å². The van der Waals surface area contributed by atoms with E-state index in [1.807, 2.05) is 36.2 Å². The van der Waals surface area contributed by atoms with Crippen molar-refractivity contribution in [1.82, 2.24) is 0 Å². The van der Waals surface area contributed by atoms with Crippen molar-refractivity contribution in [2.45, 2.75) is 12.6 Å². The Kier molecular flexibility index (Phi) is 6.22. The number of hydrogen-bond acceptors (Lipinski definition) is 3. The van der Waals surface area contributed by atoms with Crippen LogP contribution in [0.2, 0.25) is 0 Å². The Morgan fingerprint density at radius 1 is 1.40 bits per heavy atom. The van der Waals surface area contributed by atoms with Crippen LogP contribution in [0.5, 0.6) is 0 Å². The van der Waals surface area contributed by atoms with Crippen LogP contribution in [-0.2, 0) is 4.74 Å². The van der Waals surface area contributed by atoms with Crippen molar-refractivity contribution in [1.29, 1.82) is 0 Å². The Balaban J connectivity index is 2.37. The maximum Gasteiger partial charge on any atom is 0.411 e. The fourth-order valence-electron chi connectivity index (χ4n) is 1.62. The SMILES string of the molecule is CN(CCCOCC(F)(F)F)c1cccc(C(N)=S)c1. The highest BCUT2D eigenvalue weighted by Gasteiger charge is 2.27. The molecule has 0 saturated heterocycles. The van der Waals surface area contributed by atoms with Crippen molar-refractivity contribution in [3.05, 3.63) is 29.8 Å². The lowest BCUT2D eigenvalue weighted by Crippen LogP contribution is -2.22. The van der Waals surface area contributed by atoms with Crippen LogP contribution in [0.1, 0.15) is 12.0 Å². The second kappa shape index (κ2) is 7.44. The normalized spacial score (nSPS) is 11.4. The van der Waals surface area contributed by atoms with E-state index in [2.05, 4.69) is 4.74 Å². The van der Waals surface area contributed by atoms with Crippen LogP contribution < -0.4 is 10.6 Å². The van der Waals surface area contributed by atoms with Crippen LogP contribution in [0, 0.1) is 0 Å². The molecule has 112 valence electrons. The van der Waals surface area contributed by atoms with Crippen LogP contribution in [0.15, 0.2) is 24.3 Å². The highest BCUT2D eigenvalue weighted by atomic mass is 32.1. The minimum Gasteiger partial charge on any atom is -0.389 e. The molecule has 0 bridgehead atoms. The summed E-state index contributed by atoms with van der Waals surface area (Å²) in [6.45, 7) is -0.550. The number of halogens is 3. The van der Waals surface area contributed by atoms with Gasteiger partial charge in [-0.25, -0.2) is 0 Å². The summed E-state index contributed by atoms with van der Waals surface area (Å²) < 4.78 is 40.2. The standard InChI is InChI=1S/C13H17F3N2OS/c1-18(6-3-7-19-9-13(14,15)16)11-5-2-4-10(8-11)12(17)20/h2,4-5,8H,3,6-7,9H2,1H3,(H2,17,20). The van der Waals surface area contributed by atoms with Gasteiger partial charge in [0.15, 0.2) is 0 Å². The zero-order valence-electron chi connectivity index (χ0n) is 11.1. The largest absolute Gasteiger partial charge is 0.411 e. The van der Waals surface area contributed by atoms with E-state index in [1.54, 1.807) is 0 Å². The van der Waals surface area contributed by atoms with E-state index in [4.69, 9.17) is 18.0 Å². The van der Waals surface area contributed by atoms with E-state index < -0.39 is 12.8 Å². The minimum atomic E-state index is -4.27. The smallest absolute Gasteiger partial charge is 0.389 e. The Bertz CT molecular complexity index is 451. The summed E-state index contributed by atoms with van der Waals surface area (Å²) in [4.78, 5) is 2.23. The van der Waals surface area contributed by atoms with Gasteiger partial charge in [-0.3, -0.25) is 0 Å². The Hall–Kier alpha value is -1.34. The molecule has 0 spiro atoms. The van der Waals surface area contributed by atoms with Gasteiger partial charge < -0.3 is 15.4 Å². The van der Waals surface area contributed by atoms with Crippen molar-refractivity contribution in [2.24, 2.45) is 5.73 Å². The Labute approximate surface area is 121 Å². The van der Waals surface area contributed by atoms with Crippen molar-refractivity contribution in [3.8, 4) is 0 Å². The van der Waals surface area contributed by atoms with Crippen molar-refractivity contribution in [2.75, 3.05) is 31.7 Å². The lowest BCUT2D eigenvalue weighted by atomic mass is 10.2. The molecule has 0 unspecified atom stereocenters. The molecule has 0 radical (unpaired) electrons. The lowest BCUT2D eigenvalue weighted by Gasteiger charge is -2.20. The summed E-state index contributed by atoms with van der Waals surface area (Å²) in [6, 6.07) is 7.38. The number of thiocarbonyl (C=S) groups is 1. The summed E-state index contributed by atoms with van der Waals surface area (Å²) >= 11 is 4.90. The first-order valence-corrected chi connectivity index (χ1v) is 6.46. The summed E-state index contributed by atoms with van der Waals surface area (Å²) in [7, 11) is 1.85. The summed E-state index contributed by atoms with van der Waals surface area (Å²) in [6.07, 6.45) is -3.76. The number of rotatable bonds is 7. The number of nitrogens with two attached hydrogens (primary N) is 1. The maximum atomic E-state index is 11.9. The predicted octanol–water partition coefficient (Wildman–Crippen LogP) is 2.73. The average Bonchev–Trinajstić information content (AvgIpc) is 2.37. The van der Waals surface area contributed by atoms with Gasteiger partial charge in [0.2, 0.25) is 0 Å². The van der Waals surface area contributed by atoms with Gasteiger partial charge in [0.25, 0.3) is 0 Å². The van der Waals surface area contributed by atoms with Gasteiger partial charge in [0, 0.05) is 31.5 Å². The molecule has 0 saturated carbocycles. The molecule has 0 heterocycles. The molecule has 0 aliphatic heterocycles. The van der Waals surface area contributed by atoms with Crippen LogP contribution in [0.3, 0.4) is 0 Å². The molecule has 0 aliphatic rings. The van der Waals surface area contributed by atoms with E-state index in [0.717, 1.165) is 11.3 Å². The minimum absolute atomic E-state index is 0.0683. The van der Waals surface area contributed by atoms with Gasteiger partial charge in [-0.15, -0.1) is 0 Å². The Morgan fingerprint density at radius 2 is 2.10 bits per heavy atom. The fourth-order valence-corrected chi connectivity index (χ4v) is 1.74. The van der Waals surface area contributed by atoms with Gasteiger partial charge in [-0.2, -0.15) is 13.2 Å². The third-order valence-electron chi connectivity index (χ3n) is 2.62. The summed E-state index contributed by atoms with van der Waals surface area (Å²) in [5.74, 6) is 0. The third-order valence-corrected chi connectivity index (χ3v) is 2.86. The predicted molar refractivity (Wildman–Crippen MR) is 77.1 cm³/mol. The number of nitrogens with zero attached hydrogens (tertiary/aromatic N) is 1. The van der Waals surface area contributed by atoms with Gasteiger partial charge in [-0.05, 0) is 18.6 Å². The molecule has 0 amide bonds. The van der Waals surface area contributed by atoms with Gasteiger partial charge in [-0.1, -0.05) is 24.4 Å².